The molecule has 0 radical (unpaired) electrons. The van der Waals surface area contributed by atoms with E-state index in [-0.39, 0.29) is 18.6 Å². The number of thioether (sulfide) groups is 1. The first kappa shape index (κ1) is 37.5. The molecule has 0 heterocycles. The van der Waals surface area contributed by atoms with Crippen LogP contribution in [0, 0.1) is 6.92 Å². The molecule has 0 amide bonds. The molecule has 0 aromatic heterocycles. The number of ether oxygens (including phenoxy) is 1. The SMILES string of the molecule is C=C.C=Cc1c(CC(OC(C)C)C(=O)O)cc(C)c(P)c1CNC(C)/C(SC)=C(\C)N=Cc1ccccc1.CC. The molecule has 0 fully saturated rings. The lowest BCUT2D eigenvalue weighted by atomic mass is 9.93. The van der Waals surface area contributed by atoms with Crippen LogP contribution in [-0.4, -0.2) is 41.8 Å². The number of rotatable bonds is 13. The minimum absolute atomic E-state index is 0.0787. The first-order valence-electron chi connectivity index (χ1n) is 13.6. The van der Waals surface area contributed by atoms with Gasteiger partial charge < -0.3 is 15.2 Å². The average molecular weight is 585 g/mol. The fourth-order valence-electron chi connectivity index (χ4n) is 4.09. The number of nitrogens with zero attached hydrogens (tertiary/aromatic N) is 1. The maximum Gasteiger partial charge on any atom is 0.333 e. The van der Waals surface area contributed by atoms with Crippen molar-refractivity contribution < 1.29 is 14.6 Å². The predicted octanol–water partition coefficient (Wildman–Crippen LogP) is 7.58. The van der Waals surface area contributed by atoms with Crippen LogP contribution >= 0.6 is 21.0 Å². The number of aliphatic carboxylic acids is 1. The quantitative estimate of drug-likeness (QED) is 0.144. The van der Waals surface area contributed by atoms with Gasteiger partial charge in [0.25, 0.3) is 0 Å². The highest BCUT2D eigenvalue weighted by atomic mass is 32.2. The molecule has 2 aromatic rings. The zero-order valence-corrected chi connectivity index (χ0v) is 27.6. The molecule has 7 heteroatoms. The van der Waals surface area contributed by atoms with E-state index in [1.807, 2.05) is 90.2 Å². The van der Waals surface area contributed by atoms with Crippen LogP contribution in [-0.2, 0) is 22.5 Å². The predicted molar refractivity (Wildman–Crippen MR) is 181 cm³/mol. The summed E-state index contributed by atoms with van der Waals surface area (Å²) in [5.74, 6) is -0.958. The van der Waals surface area contributed by atoms with Crippen molar-refractivity contribution in [1.82, 2.24) is 5.32 Å². The van der Waals surface area contributed by atoms with E-state index in [1.165, 1.54) is 0 Å². The van der Waals surface area contributed by atoms with Crippen molar-refractivity contribution in [2.24, 2.45) is 4.99 Å². The van der Waals surface area contributed by atoms with Crippen molar-refractivity contribution >= 4 is 44.6 Å². The van der Waals surface area contributed by atoms with Gasteiger partial charge in [0.1, 0.15) is 0 Å². The number of nitrogens with one attached hydrogen (secondary N) is 1. The normalized spacial score (nSPS) is 12.9. The van der Waals surface area contributed by atoms with Crippen molar-refractivity contribution in [3.05, 3.63) is 94.6 Å². The smallest absolute Gasteiger partial charge is 0.333 e. The summed E-state index contributed by atoms with van der Waals surface area (Å²) in [6, 6.07) is 12.2. The molecule has 0 saturated heterocycles. The van der Waals surface area contributed by atoms with E-state index in [0.29, 0.717) is 6.54 Å². The number of carbonyl (C=O) groups is 1. The summed E-state index contributed by atoms with van der Waals surface area (Å²) in [6.45, 7) is 24.6. The van der Waals surface area contributed by atoms with Gasteiger partial charge in [-0.3, -0.25) is 4.99 Å². The maximum atomic E-state index is 11.8. The van der Waals surface area contributed by atoms with Crippen LogP contribution in [0.15, 0.2) is 71.7 Å². The van der Waals surface area contributed by atoms with Gasteiger partial charge in [0.05, 0.1) is 6.10 Å². The van der Waals surface area contributed by atoms with Gasteiger partial charge in [0.15, 0.2) is 6.10 Å². The monoisotopic (exact) mass is 584 g/mol. The standard InChI is InChI=1S/C29H39N2O3PS.C2H6.C2H4/c1-8-24-23(15-26(29(32)33)34-18(2)3)14-19(4)27(35)25(24)17-31-21(6)28(36-7)20(5)30-16-22-12-10-9-11-13-22;2*1-2/h8-14,16,18,21,26,31H,1,15,17,35H2,2-7H3,(H,32,33);1-2H3;1-2H2/b28-20-,30-16?;;. The van der Waals surface area contributed by atoms with Gasteiger partial charge in [-0.2, -0.15) is 0 Å². The Morgan fingerprint density at radius 1 is 1.20 bits per heavy atom. The molecule has 2 N–H and O–H groups in total. The number of carboxylic acid groups (broad SMARTS) is 1. The summed E-state index contributed by atoms with van der Waals surface area (Å²) in [7, 11) is 2.84. The highest BCUT2D eigenvalue weighted by molar-refractivity contribution is 8.02. The molecular weight excluding hydrogens is 535 g/mol. The number of allylic oxidation sites excluding steroid dienone is 1. The number of aryl methyl sites for hydroxylation is 1. The average Bonchev–Trinajstić information content (AvgIpc) is 2.95. The van der Waals surface area contributed by atoms with Gasteiger partial charge in [0, 0.05) is 35.8 Å². The van der Waals surface area contributed by atoms with E-state index >= 15 is 0 Å². The summed E-state index contributed by atoms with van der Waals surface area (Å²) in [5, 5.41) is 14.4. The van der Waals surface area contributed by atoms with Gasteiger partial charge in [-0.05, 0) is 74.0 Å². The molecule has 220 valence electrons. The number of carboxylic acids is 1. The first-order chi connectivity index (χ1) is 19.1. The van der Waals surface area contributed by atoms with Crippen molar-refractivity contribution in [3.8, 4) is 0 Å². The van der Waals surface area contributed by atoms with Crippen LogP contribution in [0.1, 0.15) is 69.4 Å². The third kappa shape index (κ3) is 11.9. The van der Waals surface area contributed by atoms with Crippen LogP contribution < -0.4 is 10.6 Å². The molecule has 40 heavy (non-hydrogen) atoms. The van der Waals surface area contributed by atoms with Crippen LogP contribution in [0.5, 0.6) is 0 Å². The molecule has 5 nitrogen and oxygen atoms in total. The van der Waals surface area contributed by atoms with Crippen molar-refractivity contribution in [2.45, 2.75) is 79.7 Å². The Kier molecular flexibility index (Phi) is 19.1. The second kappa shape index (κ2) is 20.4. The summed E-state index contributed by atoms with van der Waals surface area (Å²) in [4.78, 5) is 17.7. The van der Waals surface area contributed by atoms with Crippen LogP contribution in [0.4, 0.5) is 0 Å². The van der Waals surface area contributed by atoms with E-state index in [1.54, 1.807) is 11.8 Å². The van der Waals surface area contributed by atoms with Gasteiger partial charge in [-0.1, -0.05) is 62.9 Å². The first-order valence-corrected chi connectivity index (χ1v) is 15.4. The van der Waals surface area contributed by atoms with Gasteiger partial charge in [0.2, 0.25) is 0 Å². The highest BCUT2D eigenvalue weighted by Crippen LogP contribution is 2.25. The molecule has 2 aromatic carbocycles. The molecule has 3 atom stereocenters. The minimum atomic E-state index is -0.958. The van der Waals surface area contributed by atoms with Crippen molar-refractivity contribution in [3.63, 3.8) is 0 Å². The topological polar surface area (TPSA) is 70.9 Å². The van der Waals surface area contributed by atoms with Gasteiger partial charge in [-0.25, -0.2) is 4.79 Å². The van der Waals surface area contributed by atoms with Crippen LogP contribution in [0.2, 0.25) is 0 Å². The number of aliphatic imine (C=N–C) groups is 1. The highest BCUT2D eigenvalue weighted by Gasteiger charge is 2.23. The second-order valence-corrected chi connectivity index (χ2v) is 10.4. The van der Waals surface area contributed by atoms with E-state index in [0.717, 1.165) is 43.7 Å². The fraction of sp³-hybridized carbons (Fsp3) is 0.394. The number of benzene rings is 2. The largest absolute Gasteiger partial charge is 0.479 e. The molecule has 2 rings (SSSR count). The molecule has 0 aliphatic rings. The molecule has 0 aliphatic carbocycles. The lowest BCUT2D eigenvalue weighted by Crippen LogP contribution is -2.31. The summed E-state index contributed by atoms with van der Waals surface area (Å²) in [6.07, 6.45) is 4.98. The Balaban J connectivity index is 0.00000363. The van der Waals surface area contributed by atoms with Crippen LogP contribution in [0.3, 0.4) is 0 Å². The number of hydrogen-bond donors (Lipinski definition) is 2. The van der Waals surface area contributed by atoms with Crippen LogP contribution in [0.25, 0.3) is 6.08 Å². The zero-order valence-electron chi connectivity index (χ0n) is 25.6. The number of hydrogen-bond acceptors (Lipinski definition) is 5. The summed E-state index contributed by atoms with van der Waals surface area (Å²) >= 11 is 1.69. The Labute approximate surface area is 249 Å². The second-order valence-electron chi connectivity index (χ2n) is 9.00. The Hall–Kier alpha value is -2.50. The Morgan fingerprint density at radius 3 is 2.30 bits per heavy atom. The maximum absolute atomic E-state index is 11.8. The molecular formula is C33H49N2O3PS. The lowest BCUT2D eigenvalue weighted by molar-refractivity contribution is -0.153. The molecule has 0 spiro atoms. The zero-order chi connectivity index (χ0) is 30.8. The third-order valence-electron chi connectivity index (χ3n) is 5.89. The minimum Gasteiger partial charge on any atom is -0.479 e. The lowest BCUT2D eigenvalue weighted by Gasteiger charge is -2.23. The van der Waals surface area contributed by atoms with E-state index in [4.69, 9.17) is 9.73 Å². The molecule has 0 aliphatic heterocycles. The summed E-state index contributed by atoms with van der Waals surface area (Å²) in [5.41, 5.74) is 6.10. The van der Waals surface area contributed by atoms with Crippen molar-refractivity contribution in [2.75, 3.05) is 6.26 Å². The van der Waals surface area contributed by atoms with E-state index in [9.17, 15) is 9.90 Å². The molecule has 3 unspecified atom stereocenters. The third-order valence-corrected chi connectivity index (χ3v) is 7.79. The molecule has 0 saturated carbocycles. The molecule has 0 bridgehead atoms. The van der Waals surface area contributed by atoms with Gasteiger partial charge >= 0.3 is 5.97 Å². The summed E-state index contributed by atoms with van der Waals surface area (Å²) < 4.78 is 5.67. The van der Waals surface area contributed by atoms with Crippen molar-refractivity contribution in [1.29, 1.82) is 0 Å². The van der Waals surface area contributed by atoms with E-state index in [2.05, 4.69) is 47.5 Å². The van der Waals surface area contributed by atoms with Gasteiger partial charge in [-0.15, -0.1) is 34.2 Å². The van der Waals surface area contributed by atoms with E-state index < -0.39 is 12.1 Å². The Bertz CT molecular complexity index is 1130. The Morgan fingerprint density at radius 2 is 1.80 bits per heavy atom. The fourth-order valence-corrected chi connectivity index (χ4v) is 5.21.